The maximum absolute atomic E-state index is 12.5. The van der Waals surface area contributed by atoms with Crippen molar-refractivity contribution in [3.05, 3.63) is 0 Å². The van der Waals surface area contributed by atoms with Crippen molar-refractivity contribution in [3.8, 4) is 0 Å². The molecule has 1 atom stereocenters. The number of imide groups is 1. The molecule has 122 valence electrons. The lowest BCUT2D eigenvalue weighted by Crippen LogP contribution is -2.52. The van der Waals surface area contributed by atoms with Gasteiger partial charge in [0.25, 0.3) is 5.91 Å². The van der Waals surface area contributed by atoms with Gasteiger partial charge in [0.05, 0.1) is 6.61 Å². The minimum absolute atomic E-state index is 0.233. The fourth-order valence-corrected chi connectivity index (χ4v) is 2.37. The van der Waals surface area contributed by atoms with Gasteiger partial charge in [-0.1, -0.05) is 13.8 Å². The first-order chi connectivity index (χ1) is 9.43. The number of carbonyl (C=O) groups is 2. The van der Waals surface area contributed by atoms with E-state index in [1.54, 1.807) is 34.6 Å². The van der Waals surface area contributed by atoms with Crippen LogP contribution in [0.1, 0.15) is 34.6 Å². The van der Waals surface area contributed by atoms with E-state index < -0.39 is 24.5 Å². The quantitative estimate of drug-likeness (QED) is 0.733. The summed E-state index contributed by atoms with van der Waals surface area (Å²) in [7, 11) is 0. The summed E-state index contributed by atoms with van der Waals surface area (Å²) in [6.07, 6.45) is -4.75. The molecule has 1 fully saturated rings. The fraction of sp³-hybridized carbons (Fsp3) is 0.846. The number of urea groups is 1. The Morgan fingerprint density at radius 1 is 1.19 bits per heavy atom. The van der Waals surface area contributed by atoms with Crippen LogP contribution in [-0.2, 0) is 9.53 Å². The molecule has 0 radical (unpaired) electrons. The van der Waals surface area contributed by atoms with Crippen molar-refractivity contribution >= 4 is 11.9 Å². The Morgan fingerprint density at radius 2 is 1.71 bits per heavy atom. The number of amides is 3. The van der Waals surface area contributed by atoms with Gasteiger partial charge >= 0.3 is 12.4 Å². The smallest absolute Gasteiger partial charge is 0.307 e. The van der Waals surface area contributed by atoms with E-state index in [-0.39, 0.29) is 24.4 Å². The molecule has 8 heteroatoms. The van der Waals surface area contributed by atoms with Crippen molar-refractivity contribution < 1.29 is 27.5 Å². The van der Waals surface area contributed by atoms with Gasteiger partial charge in [-0.25, -0.2) is 4.79 Å². The van der Waals surface area contributed by atoms with Crippen LogP contribution in [0, 0.1) is 5.92 Å². The molecule has 0 aliphatic carbocycles. The largest absolute Gasteiger partial charge is 0.522 e. The number of halogens is 3. The van der Waals surface area contributed by atoms with Gasteiger partial charge in [-0.3, -0.25) is 14.4 Å². The predicted octanol–water partition coefficient (Wildman–Crippen LogP) is 2.61. The van der Waals surface area contributed by atoms with Crippen molar-refractivity contribution in [2.24, 2.45) is 5.92 Å². The van der Waals surface area contributed by atoms with Crippen molar-refractivity contribution in [1.82, 2.24) is 9.80 Å². The first kappa shape index (κ1) is 17.7. The van der Waals surface area contributed by atoms with E-state index in [0.717, 1.165) is 4.90 Å². The maximum atomic E-state index is 12.5. The summed E-state index contributed by atoms with van der Waals surface area (Å²) in [5, 5.41) is 0. The van der Waals surface area contributed by atoms with Crippen LogP contribution in [0.4, 0.5) is 18.0 Å². The fourth-order valence-electron chi connectivity index (χ4n) is 2.37. The van der Waals surface area contributed by atoms with Crippen LogP contribution in [0.5, 0.6) is 0 Å². The van der Waals surface area contributed by atoms with Gasteiger partial charge in [-0.05, 0) is 26.7 Å². The molecule has 0 spiro atoms. The second kappa shape index (κ2) is 5.82. The minimum Gasteiger partial charge on any atom is -0.307 e. The van der Waals surface area contributed by atoms with Crippen LogP contribution in [0.3, 0.4) is 0 Å². The molecule has 0 aromatic carbocycles. The molecule has 1 heterocycles. The van der Waals surface area contributed by atoms with Crippen molar-refractivity contribution in [2.75, 3.05) is 13.2 Å². The third kappa shape index (κ3) is 3.30. The standard InChI is InChI=1S/C13H21F3N2O3/c1-8(2)12(5)10(19)18(9(3)4)11(20)17(12)6-7-21-13(14,15)16/h8-9H,6-7H2,1-5H3. The molecule has 1 aliphatic rings. The summed E-state index contributed by atoms with van der Waals surface area (Å²) < 4.78 is 39.9. The van der Waals surface area contributed by atoms with Gasteiger partial charge in [0.2, 0.25) is 0 Å². The van der Waals surface area contributed by atoms with E-state index in [1.165, 1.54) is 4.90 Å². The van der Waals surface area contributed by atoms with Gasteiger partial charge in [0, 0.05) is 12.6 Å². The highest BCUT2D eigenvalue weighted by Gasteiger charge is 2.56. The molecule has 0 aromatic rings. The summed E-state index contributed by atoms with van der Waals surface area (Å²) in [4.78, 5) is 27.1. The summed E-state index contributed by atoms with van der Waals surface area (Å²) in [6, 6.07) is -0.923. The van der Waals surface area contributed by atoms with Gasteiger partial charge in [-0.15, -0.1) is 13.2 Å². The van der Waals surface area contributed by atoms with Crippen LogP contribution in [0.25, 0.3) is 0 Å². The highest BCUT2D eigenvalue weighted by molar-refractivity contribution is 6.07. The average Bonchev–Trinajstić information content (AvgIpc) is 2.49. The van der Waals surface area contributed by atoms with E-state index in [4.69, 9.17) is 0 Å². The zero-order chi connectivity index (χ0) is 16.6. The molecule has 0 aromatic heterocycles. The zero-order valence-electron chi connectivity index (χ0n) is 12.8. The predicted molar refractivity (Wildman–Crippen MR) is 69.3 cm³/mol. The highest BCUT2D eigenvalue weighted by atomic mass is 19.4. The summed E-state index contributed by atoms with van der Waals surface area (Å²) in [6.45, 7) is 7.48. The van der Waals surface area contributed by atoms with Gasteiger partial charge in [0.1, 0.15) is 5.54 Å². The molecule has 0 saturated carbocycles. The zero-order valence-corrected chi connectivity index (χ0v) is 12.8. The van der Waals surface area contributed by atoms with Crippen molar-refractivity contribution in [2.45, 2.75) is 52.6 Å². The normalized spacial score (nSPS) is 23.9. The number of alkyl halides is 3. The van der Waals surface area contributed by atoms with Crippen LogP contribution >= 0.6 is 0 Å². The highest BCUT2D eigenvalue weighted by Crippen LogP contribution is 2.35. The third-order valence-electron chi connectivity index (χ3n) is 3.87. The topological polar surface area (TPSA) is 49.9 Å². The average molecular weight is 310 g/mol. The molecule has 1 aliphatic heterocycles. The van der Waals surface area contributed by atoms with Gasteiger partial charge < -0.3 is 4.90 Å². The lowest BCUT2D eigenvalue weighted by Gasteiger charge is -2.35. The second-order valence-corrected chi connectivity index (χ2v) is 5.80. The molecule has 1 rings (SSSR count). The Morgan fingerprint density at radius 3 is 2.10 bits per heavy atom. The van der Waals surface area contributed by atoms with Crippen LogP contribution < -0.4 is 0 Å². The minimum atomic E-state index is -4.75. The number of hydrogen-bond acceptors (Lipinski definition) is 3. The number of ether oxygens (including phenoxy) is 1. The van der Waals surface area contributed by atoms with E-state index in [0.29, 0.717) is 0 Å². The summed E-state index contributed by atoms with van der Waals surface area (Å²) in [5.41, 5.74) is -1.16. The monoisotopic (exact) mass is 310 g/mol. The maximum Gasteiger partial charge on any atom is 0.522 e. The molecular formula is C13H21F3N2O3. The molecular weight excluding hydrogens is 289 g/mol. The molecule has 0 N–H and O–H groups in total. The number of hydrogen-bond donors (Lipinski definition) is 0. The Kier molecular flexibility index (Phi) is 4.92. The van der Waals surface area contributed by atoms with E-state index in [2.05, 4.69) is 4.74 Å². The lowest BCUT2D eigenvalue weighted by molar-refractivity contribution is -0.325. The van der Waals surface area contributed by atoms with E-state index >= 15 is 0 Å². The van der Waals surface area contributed by atoms with Crippen molar-refractivity contribution in [1.29, 1.82) is 0 Å². The van der Waals surface area contributed by atoms with E-state index in [9.17, 15) is 22.8 Å². The first-order valence-electron chi connectivity index (χ1n) is 6.78. The first-order valence-corrected chi connectivity index (χ1v) is 6.78. The Hall–Kier alpha value is -1.31. The molecule has 21 heavy (non-hydrogen) atoms. The Balaban J connectivity index is 2.98. The molecule has 1 saturated heterocycles. The molecule has 5 nitrogen and oxygen atoms in total. The molecule has 1 unspecified atom stereocenters. The lowest BCUT2D eigenvalue weighted by atomic mass is 9.87. The summed E-state index contributed by atoms with van der Waals surface area (Å²) in [5.74, 6) is -0.618. The SMILES string of the molecule is CC(C)N1C(=O)N(CCOC(F)(F)F)C(C)(C(C)C)C1=O. The second-order valence-electron chi connectivity index (χ2n) is 5.80. The summed E-state index contributed by atoms with van der Waals surface area (Å²) >= 11 is 0. The van der Waals surface area contributed by atoms with Gasteiger partial charge in [0.15, 0.2) is 0 Å². The van der Waals surface area contributed by atoms with Gasteiger partial charge in [-0.2, -0.15) is 0 Å². The Bertz CT molecular complexity index is 423. The number of rotatable bonds is 5. The molecule has 3 amide bonds. The van der Waals surface area contributed by atoms with E-state index in [1.807, 2.05) is 0 Å². The number of nitrogens with zero attached hydrogens (tertiary/aromatic N) is 2. The van der Waals surface area contributed by atoms with Crippen LogP contribution in [0.2, 0.25) is 0 Å². The third-order valence-corrected chi connectivity index (χ3v) is 3.87. The van der Waals surface area contributed by atoms with Crippen LogP contribution in [0.15, 0.2) is 0 Å². The van der Waals surface area contributed by atoms with Crippen LogP contribution in [-0.4, -0.2) is 52.8 Å². The van der Waals surface area contributed by atoms with Crippen molar-refractivity contribution in [3.63, 3.8) is 0 Å². The Labute approximate surface area is 122 Å². The molecule has 0 bridgehead atoms. The number of carbonyl (C=O) groups excluding carboxylic acids is 2.